The molecule has 0 unspecified atom stereocenters. The van der Waals surface area contributed by atoms with E-state index in [1.54, 1.807) is 6.20 Å². The van der Waals surface area contributed by atoms with Crippen LogP contribution in [-0.4, -0.2) is 0 Å². The Morgan fingerprint density at radius 1 is 1.25 bits per heavy atom. The predicted molar refractivity (Wildman–Crippen MR) is 92.0 cm³/mol. The number of rotatable bonds is 3. The smallest absolute Gasteiger partial charge is 0.00723 e. The van der Waals surface area contributed by atoms with Crippen LogP contribution in [0.4, 0.5) is 0 Å². The molecule has 1 nitrogen and oxygen atoms in total. The molecule has 0 saturated heterocycles. The number of nitrogens with two attached hydrogens (primary N) is 1. The van der Waals surface area contributed by atoms with Gasteiger partial charge >= 0.3 is 0 Å². The maximum absolute atomic E-state index is 5.43. The molecule has 0 bridgehead atoms. The zero-order valence-corrected chi connectivity index (χ0v) is 13.7. The van der Waals surface area contributed by atoms with E-state index in [9.17, 15) is 0 Å². The van der Waals surface area contributed by atoms with Gasteiger partial charge in [0.05, 0.1) is 0 Å². The number of aryl methyl sites for hydroxylation is 1. The monoisotopic (exact) mass is 273 g/mol. The van der Waals surface area contributed by atoms with Crippen molar-refractivity contribution in [3.8, 4) is 0 Å². The van der Waals surface area contributed by atoms with Crippen LogP contribution in [0.25, 0.3) is 0 Å². The molecule has 1 aromatic carbocycles. The third-order valence-corrected chi connectivity index (χ3v) is 3.85. The van der Waals surface area contributed by atoms with E-state index in [2.05, 4.69) is 45.2 Å². The fourth-order valence-electron chi connectivity index (χ4n) is 2.60. The molecule has 2 rings (SSSR count). The Labute approximate surface area is 125 Å². The van der Waals surface area contributed by atoms with E-state index in [1.807, 2.05) is 19.9 Å². The average molecular weight is 273 g/mol. The Morgan fingerprint density at radius 2 is 1.85 bits per heavy atom. The predicted octanol–water partition coefficient (Wildman–Crippen LogP) is 5.28. The van der Waals surface area contributed by atoms with Gasteiger partial charge in [0.1, 0.15) is 0 Å². The van der Waals surface area contributed by atoms with Crippen LogP contribution in [0.2, 0.25) is 0 Å². The first kappa shape index (κ1) is 18.5. The van der Waals surface area contributed by atoms with Crippen LogP contribution < -0.4 is 5.73 Å². The van der Waals surface area contributed by atoms with Crippen molar-refractivity contribution in [1.82, 2.24) is 0 Å². The van der Waals surface area contributed by atoms with Gasteiger partial charge in [-0.3, -0.25) is 0 Å². The van der Waals surface area contributed by atoms with Crippen LogP contribution in [0, 0.1) is 6.92 Å². The summed E-state index contributed by atoms with van der Waals surface area (Å²) in [6.45, 7) is 14.6. The average Bonchev–Trinajstić information content (AvgIpc) is 2.47. The minimum absolute atomic E-state index is 0.420. The van der Waals surface area contributed by atoms with Crippen molar-refractivity contribution in [2.24, 2.45) is 5.73 Å². The molecule has 0 aromatic heterocycles. The lowest BCUT2D eigenvalue weighted by Gasteiger charge is -2.40. The normalized spacial score (nSPS) is 15.4. The minimum atomic E-state index is 0.420. The van der Waals surface area contributed by atoms with Crippen LogP contribution in [-0.2, 0) is 11.8 Å². The lowest BCUT2D eigenvalue weighted by atomic mass is 9.64. The van der Waals surface area contributed by atoms with E-state index in [1.165, 1.54) is 36.0 Å². The standard InChI is InChI=1S/C15H21N.C2H6.C2H4/c1-12-6-7-13(5-3-10-16)14(11-12)15(2)8-4-9-15;2*1-2/h3,6-7,10-11H,4-5,8-9,16H2,1-2H3;1-2H3;1-2H2/b10-3-;;. The maximum atomic E-state index is 5.43. The molecule has 20 heavy (non-hydrogen) atoms. The van der Waals surface area contributed by atoms with Crippen molar-refractivity contribution in [2.75, 3.05) is 0 Å². The molecule has 0 amide bonds. The Balaban J connectivity index is 0.000000829. The number of benzene rings is 1. The lowest BCUT2D eigenvalue weighted by molar-refractivity contribution is 0.270. The molecule has 1 saturated carbocycles. The Bertz CT molecular complexity index is 414. The molecule has 1 aliphatic carbocycles. The lowest BCUT2D eigenvalue weighted by Crippen LogP contribution is -2.31. The summed E-state index contributed by atoms with van der Waals surface area (Å²) < 4.78 is 0. The van der Waals surface area contributed by atoms with Crippen LogP contribution in [0.15, 0.2) is 43.6 Å². The van der Waals surface area contributed by atoms with Gasteiger partial charge < -0.3 is 5.73 Å². The second-order valence-corrected chi connectivity index (χ2v) is 5.21. The summed E-state index contributed by atoms with van der Waals surface area (Å²) in [5, 5.41) is 0. The molecular weight excluding hydrogens is 242 g/mol. The van der Waals surface area contributed by atoms with Crippen LogP contribution in [0.1, 0.15) is 56.7 Å². The summed E-state index contributed by atoms with van der Waals surface area (Å²) in [4.78, 5) is 0. The van der Waals surface area contributed by atoms with Gasteiger partial charge in [0, 0.05) is 0 Å². The zero-order chi connectivity index (χ0) is 15.6. The summed E-state index contributed by atoms with van der Waals surface area (Å²) in [5.74, 6) is 0. The fourth-order valence-corrected chi connectivity index (χ4v) is 2.60. The Hall–Kier alpha value is -1.50. The summed E-state index contributed by atoms with van der Waals surface area (Å²) >= 11 is 0. The van der Waals surface area contributed by atoms with E-state index < -0.39 is 0 Å². The third-order valence-electron chi connectivity index (χ3n) is 3.85. The molecule has 1 aliphatic rings. The van der Waals surface area contributed by atoms with Crippen LogP contribution in [0.5, 0.6) is 0 Å². The fraction of sp³-hybridized carbons (Fsp3) is 0.474. The van der Waals surface area contributed by atoms with E-state index in [4.69, 9.17) is 5.73 Å². The van der Waals surface area contributed by atoms with Gasteiger partial charge in [-0.25, -0.2) is 0 Å². The van der Waals surface area contributed by atoms with Gasteiger partial charge in [0.15, 0.2) is 0 Å². The third kappa shape index (κ3) is 4.56. The SMILES string of the molecule is C=C.CC.Cc1ccc(C/C=C\N)c(C2(C)CCC2)c1. The Morgan fingerprint density at radius 3 is 2.30 bits per heavy atom. The van der Waals surface area contributed by atoms with E-state index in [0.717, 1.165) is 6.42 Å². The molecule has 0 spiro atoms. The number of allylic oxidation sites excluding steroid dienone is 1. The highest BCUT2D eigenvalue weighted by atomic mass is 14.5. The summed E-state index contributed by atoms with van der Waals surface area (Å²) in [6, 6.07) is 6.82. The molecule has 1 aromatic rings. The molecule has 0 atom stereocenters. The first-order chi connectivity index (χ1) is 9.65. The zero-order valence-electron chi connectivity index (χ0n) is 13.7. The molecular formula is C19H31N. The van der Waals surface area contributed by atoms with Crippen molar-refractivity contribution < 1.29 is 0 Å². The van der Waals surface area contributed by atoms with Gasteiger partial charge in [-0.2, -0.15) is 0 Å². The highest BCUT2D eigenvalue weighted by molar-refractivity contribution is 5.39. The molecule has 1 heteroatoms. The summed E-state index contributed by atoms with van der Waals surface area (Å²) in [6.07, 6.45) is 8.67. The van der Waals surface area contributed by atoms with E-state index >= 15 is 0 Å². The van der Waals surface area contributed by atoms with Crippen molar-refractivity contribution >= 4 is 0 Å². The molecule has 2 N–H and O–H groups in total. The molecule has 112 valence electrons. The van der Waals surface area contributed by atoms with Crippen molar-refractivity contribution in [3.63, 3.8) is 0 Å². The topological polar surface area (TPSA) is 26.0 Å². The van der Waals surface area contributed by atoms with E-state index in [0.29, 0.717) is 5.41 Å². The quantitative estimate of drug-likeness (QED) is 0.745. The van der Waals surface area contributed by atoms with Crippen LogP contribution in [0.3, 0.4) is 0 Å². The molecule has 0 heterocycles. The van der Waals surface area contributed by atoms with Crippen molar-refractivity contribution in [2.45, 2.75) is 58.8 Å². The van der Waals surface area contributed by atoms with Gasteiger partial charge in [0.2, 0.25) is 0 Å². The summed E-state index contributed by atoms with van der Waals surface area (Å²) in [5.41, 5.74) is 10.2. The molecule has 0 aliphatic heterocycles. The highest BCUT2D eigenvalue weighted by Gasteiger charge is 2.34. The van der Waals surface area contributed by atoms with Gasteiger partial charge in [0.25, 0.3) is 0 Å². The number of hydrogen-bond donors (Lipinski definition) is 1. The highest BCUT2D eigenvalue weighted by Crippen LogP contribution is 2.44. The Kier molecular flexibility index (Phi) is 8.71. The van der Waals surface area contributed by atoms with Gasteiger partial charge in [-0.05, 0) is 48.9 Å². The second kappa shape index (κ2) is 9.41. The second-order valence-electron chi connectivity index (χ2n) is 5.21. The minimum Gasteiger partial charge on any atom is -0.405 e. The van der Waals surface area contributed by atoms with Gasteiger partial charge in [-0.15, -0.1) is 13.2 Å². The molecule has 1 fully saturated rings. The van der Waals surface area contributed by atoms with Crippen molar-refractivity contribution in [1.29, 1.82) is 0 Å². The molecule has 0 radical (unpaired) electrons. The largest absolute Gasteiger partial charge is 0.405 e. The van der Waals surface area contributed by atoms with E-state index in [-0.39, 0.29) is 0 Å². The maximum Gasteiger partial charge on any atom is -0.00723 e. The van der Waals surface area contributed by atoms with Crippen LogP contribution >= 0.6 is 0 Å². The first-order valence-electron chi connectivity index (χ1n) is 7.62. The first-order valence-corrected chi connectivity index (χ1v) is 7.62. The number of hydrogen-bond acceptors (Lipinski definition) is 1. The van der Waals surface area contributed by atoms with Crippen molar-refractivity contribution in [3.05, 3.63) is 60.3 Å². The van der Waals surface area contributed by atoms with Gasteiger partial charge in [-0.1, -0.05) is 57.0 Å². The summed E-state index contributed by atoms with van der Waals surface area (Å²) in [7, 11) is 0.